The Hall–Kier alpha value is -2.07. The van der Waals surface area contributed by atoms with Gasteiger partial charge in [-0.3, -0.25) is 19.2 Å². The van der Waals surface area contributed by atoms with E-state index < -0.39 is 11.9 Å². The maximum absolute atomic E-state index is 13.2. The molecule has 10 heteroatoms. The molecular formula is C29H35N2NaO6S. The van der Waals surface area contributed by atoms with Gasteiger partial charge in [-0.05, 0) is 86.0 Å². The first-order valence-corrected chi connectivity index (χ1v) is 14.3. The molecule has 1 aromatic heterocycles. The number of carbonyl (C=O) groups excluding carboxylic acids is 3. The minimum absolute atomic E-state index is 0. The third-order valence-electron chi connectivity index (χ3n) is 8.93. The number of nitrogens with one attached hydrogen (secondary N) is 1. The number of aryl methyl sites for hydroxylation is 2. The van der Waals surface area contributed by atoms with Crippen molar-refractivity contribution in [2.75, 3.05) is 5.32 Å². The predicted molar refractivity (Wildman–Crippen MR) is 143 cm³/mol. The molecule has 3 unspecified atom stereocenters. The number of hydrogen-bond acceptors (Lipinski definition) is 7. The van der Waals surface area contributed by atoms with Crippen LogP contribution >= 0.6 is 11.3 Å². The molecular weight excluding hydrogens is 527 g/mol. The van der Waals surface area contributed by atoms with Crippen LogP contribution < -0.4 is 39.6 Å². The molecule has 1 amide bonds. The van der Waals surface area contributed by atoms with Crippen LogP contribution in [0.5, 0.6) is 5.75 Å². The van der Waals surface area contributed by atoms with E-state index in [1.807, 2.05) is 19.1 Å². The largest absolute Gasteiger partial charge is 1.00 e. The number of anilines is 1. The maximum Gasteiger partial charge on any atom is 1.00 e. The van der Waals surface area contributed by atoms with Crippen LogP contribution in [0.1, 0.15) is 81.6 Å². The number of Topliss-reactive ketones (excluding diaryl/α,β-unsaturated/α-hetero) is 1. The number of amides is 1. The van der Waals surface area contributed by atoms with Crippen molar-refractivity contribution < 1.29 is 60.0 Å². The summed E-state index contributed by atoms with van der Waals surface area (Å²) in [5, 5.41) is 12.3. The van der Waals surface area contributed by atoms with E-state index >= 15 is 0 Å². The Bertz CT molecular complexity index is 1280. The number of carboxylic acid groups (broad SMARTS) is 1. The monoisotopic (exact) mass is 562 g/mol. The molecule has 0 saturated heterocycles. The van der Waals surface area contributed by atoms with E-state index in [1.165, 1.54) is 16.9 Å². The van der Waals surface area contributed by atoms with Gasteiger partial charge in [-0.1, -0.05) is 13.0 Å². The van der Waals surface area contributed by atoms with E-state index in [9.17, 15) is 19.2 Å². The molecule has 0 aliphatic heterocycles. The molecule has 204 valence electrons. The Kier molecular flexibility index (Phi) is 9.36. The van der Waals surface area contributed by atoms with Crippen LogP contribution in [0.15, 0.2) is 24.4 Å². The number of aromatic nitrogens is 1. The quantitative estimate of drug-likeness (QED) is 0.288. The second kappa shape index (κ2) is 12.2. The number of nitrogens with zero attached hydrogens (tertiary/aromatic N) is 1. The number of benzene rings is 1. The summed E-state index contributed by atoms with van der Waals surface area (Å²) in [4.78, 5) is 53.9. The Morgan fingerprint density at radius 3 is 2.74 bits per heavy atom. The normalized spacial score (nSPS) is 27.0. The van der Waals surface area contributed by atoms with Gasteiger partial charge in [0.05, 0.1) is 12.8 Å². The Balaban J connectivity index is 0.00000220. The Labute approximate surface area is 256 Å². The van der Waals surface area contributed by atoms with Crippen LogP contribution in [0.3, 0.4) is 0 Å². The van der Waals surface area contributed by atoms with E-state index in [1.54, 1.807) is 12.3 Å². The molecule has 2 fully saturated rings. The van der Waals surface area contributed by atoms with Gasteiger partial charge < -0.3 is 16.6 Å². The van der Waals surface area contributed by atoms with Gasteiger partial charge in [0.25, 0.3) is 0 Å². The zero-order valence-electron chi connectivity index (χ0n) is 23.8. The standard InChI is InChI=1S/C29H34N2O6S.Na.H/c1-16-15-30-28(38-16)31-24(33)8-4-18-14-23(32)29(2)12-11-21-20-7-5-19(37-26(36)10-9-25(34)35)13-17(20)3-6-22(21)27(18)29;;/h5,7,13,15,18,21-22,27H,3-4,6,8-12,14H2,1-2H3,(H,34,35)(H,30,31,33);;/q;+1;-1/t18-,21?,22?,27?,29-;;/m1../s1. The summed E-state index contributed by atoms with van der Waals surface area (Å²) in [6, 6.07) is 5.76. The van der Waals surface area contributed by atoms with Crippen LogP contribution in [-0.4, -0.2) is 33.7 Å². The summed E-state index contributed by atoms with van der Waals surface area (Å²) in [6.07, 6.45) is 6.57. The Morgan fingerprint density at radius 1 is 1.23 bits per heavy atom. The number of ketones is 1. The van der Waals surface area contributed by atoms with Crippen LogP contribution in [-0.2, 0) is 25.6 Å². The molecule has 8 nitrogen and oxygen atoms in total. The van der Waals surface area contributed by atoms with Crippen molar-refractivity contribution in [3.8, 4) is 5.75 Å². The van der Waals surface area contributed by atoms with Crippen molar-refractivity contribution in [3.05, 3.63) is 40.4 Å². The van der Waals surface area contributed by atoms with Gasteiger partial charge in [-0.2, -0.15) is 0 Å². The van der Waals surface area contributed by atoms with E-state index in [2.05, 4.69) is 17.2 Å². The minimum atomic E-state index is -1.03. The summed E-state index contributed by atoms with van der Waals surface area (Å²) >= 11 is 1.46. The first kappa shape index (κ1) is 29.9. The van der Waals surface area contributed by atoms with Crippen LogP contribution in [0.2, 0.25) is 0 Å². The number of thiazole rings is 1. The first-order valence-electron chi connectivity index (χ1n) is 13.4. The summed E-state index contributed by atoms with van der Waals surface area (Å²) in [5.74, 6) is 0.348. The molecule has 0 spiro atoms. The zero-order valence-corrected chi connectivity index (χ0v) is 25.6. The van der Waals surface area contributed by atoms with Crippen LogP contribution in [0.25, 0.3) is 0 Å². The van der Waals surface area contributed by atoms with Crippen molar-refractivity contribution in [2.24, 2.45) is 23.2 Å². The maximum atomic E-state index is 13.2. The zero-order chi connectivity index (χ0) is 27.0. The fraction of sp³-hybridized carbons (Fsp3) is 0.552. The summed E-state index contributed by atoms with van der Waals surface area (Å²) in [7, 11) is 0. The SMILES string of the molecule is Cc1cnc(NC(=O)CC[C@@H]2CC(=O)[C@@]3(C)CCC4c5ccc(OC(=O)CCC(=O)O)cc5CCC4C23)s1.[H-].[Na+]. The second-order valence-electron chi connectivity index (χ2n) is 11.3. The molecule has 2 saturated carbocycles. The summed E-state index contributed by atoms with van der Waals surface area (Å²) in [6.45, 7) is 4.10. The van der Waals surface area contributed by atoms with Gasteiger partial charge >= 0.3 is 41.5 Å². The third kappa shape index (κ3) is 6.32. The molecule has 2 aromatic rings. The molecule has 3 aliphatic rings. The molecule has 1 heterocycles. The van der Waals surface area contributed by atoms with E-state index in [0.29, 0.717) is 47.8 Å². The molecule has 3 aliphatic carbocycles. The summed E-state index contributed by atoms with van der Waals surface area (Å²) < 4.78 is 5.39. The number of aliphatic carboxylic acids is 1. The van der Waals surface area contributed by atoms with Crippen molar-refractivity contribution in [2.45, 2.75) is 77.6 Å². The number of hydrogen-bond donors (Lipinski definition) is 2. The van der Waals surface area contributed by atoms with E-state index in [-0.39, 0.29) is 67.0 Å². The molecule has 0 radical (unpaired) electrons. The molecule has 1 aromatic carbocycles. The topological polar surface area (TPSA) is 123 Å². The molecule has 39 heavy (non-hydrogen) atoms. The van der Waals surface area contributed by atoms with Crippen LogP contribution in [0.4, 0.5) is 5.13 Å². The number of fused-ring (bicyclic) bond motifs is 5. The van der Waals surface area contributed by atoms with E-state index in [0.717, 1.165) is 36.1 Å². The fourth-order valence-corrected chi connectivity index (χ4v) is 7.93. The van der Waals surface area contributed by atoms with Crippen molar-refractivity contribution in [1.29, 1.82) is 0 Å². The molecule has 2 N–H and O–H groups in total. The number of esters is 1. The van der Waals surface area contributed by atoms with Crippen molar-refractivity contribution >= 4 is 40.1 Å². The van der Waals surface area contributed by atoms with Gasteiger partial charge in [0.1, 0.15) is 11.5 Å². The number of carbonyl (C=O) groups is 4. The average Bonchev–Trinajstić information content (AvgIpc) is 3.40. The third-order valence-corrected chi connectivity index (χ3v) is 9.75. The van der Waals surface area contributed by atoms with Crippen molar-refractivity contribution in [1.82, 2.24) is 4.98 Å². The van der Waals surface area contributed by atoms with Gasteiger partial charge in [0, 0.05) is 29.3 Å². The first-order chi connectivity index (χ1) is 18.1. The van der Waals surface area contributed by atoms with Crippen LogP contribution in [0, 0.1) is 30.1 Å². The number of rotatable bonds is 8. The van der Waals surface area contributed by atoms with Gasteiger partial charge in [0.2, 0.25) is 5.91 Å². The number of ether oxygens (including phenoxy) is 1. The van der Waals surface area contributed by atoms with Gasteiger partial charge in [-0.15, -0.1) is 11.3 Å². The average molecular weight is 563 g/mol. The second-order valence-corrected chi connectivity index (χ2v) is 12.5. The number of carboxylic acids is 1. The summed E-state index contributed by atoms with van der Waals surface area (Å²) in [5.41, 5.74) is 2.10. The van der Waals surface area contributed by atoms with Crippen molar-refractivity contribution in [3.63, 3.8) is 0 Å². The van der Waals surface area contributed by atoms with Gasteiger partial charge in [-0.25, -0.2) is 4.98 Å². The smallest absolute Gasteiger partial charge is 1.00 e. The minimum Gasteiger partial charge on any atom is -1.00 e. The molecule has 5 atom stereocenters. The molecule has 5 rings (SSSR count). The molecule has 0 bridgehead atoms. The Morgan fingerprint density at radius 2 is 2.03 bits per heavy atom. The fourth-order valence-electron chi connectivity index (χ4n) is 7.25. The van der Waals surface area contributed by atoms with Gasteiger partial charge in [0.15, 0.2) is 5.13 Å². The predicted octanol–water partition coefficient (Wildman–Crippen LogP) is 2.41. The van der Waals surface area contributed by atoms with E-state index in [4.69, 9.17) is 9.84 Å².